The number of amides is 1. The molecule has 1 fully saturated rings. The zero-order chi connectivity index (χ0) is 15.5. The summed E-state index contributed by atoms with van der Waals surface area (Å²) in [5, 5.41) is 11.7. The number of carbonyl (C=O) groups excluding carboxylic acids is 1. The molecule has 1 aromatic heterocycles. The number of hydrogen-bond acceptors (Lipinski definition) is 5. The van der Waals surface area contributed by atoms with E-state index in [1.807, 2.05) is 39.0 Å². The number of nitrogens with zero attached hydrogens (tertiary/aromatic N) is 3. The molecule has 6 heteroatoms. The molecule has 1 amide bonds. The van der Waals surface area contributed by atoms with E-state index in [2.05, 4.69) is 15.2 Å². The van der Waals surface area contributed by atoms with Crippen molar-refractivity contribution in [3.05, 3.63) is 23.9 Å². The molecule has 0 radical (unpaired) electrons. The van der Waals surface area contributed by atoms with Crippen LogP contribution in [0.25, 0.3) is 0 Å². The van der Waals surface area contributed by atoms with Crippen LogP contribution in [0.15, 0.2) is 18.2 Å². The molecule has 1 N–H and O–H groups in total. The maximum absolute atomic E-state index is 11.6. The number of alkyl carbamates (subject to hydrolysis) is 1. The van der Waals surface area contributed by atoms with Crippen molar-refractivity contribution in [1.29, 1.82) is 5.26 Å². The summed E-state index contributed by atoms with van der Waals surface area (Å²) in [6.07, 6.45) is 0.571. The SMILES string of the molecule is CC(C)(C)OC(=O)NCC1CCN1c1cccc(C#N)n1. The second-order valence-corrected chi connectivity index (χ2v) is 6.01. The third-order valence-electron chi connectivity index (χ3n) is 3.17. The summed E-state index contributed by atoms with van der Waals surface area (Å²) >= 11 is 0. The van der Waals surface area contributed by atoms with Gasteiger partial charge < -0.3 is 15.0 Å². The predicted octanol–water partition coefficient (Wildman–Crippen LogP) is 2.06. The standard InChI is InChI=1S/C15H20N4O2/c1-15(2,3)21-14(20)17-10-12-7-8-19(12)13-6-4-5-11(9-16)18-13/h4-6,12H,7-8,10H2,1-3H3,(H,17,20). The van der Waals surface area contributed by atoms with Gasteiger partial charge in [-0.2, -0.15) is 5.26 Å². The molecule has 1 aliphatic rings. The first-order valence-corrected chi connectivity index (χ1v) is 7.00. The Hall–Kier alpha value is -2.29. The lowest BCUT2D eigenvalue weighted by atomic mass is 10.0. The fraction of sp³-hybridized carbons (Fsp3) is 0.533. The number of rotatable bonds is 3. The second-order valence-electron chi connectivity index (χ2n) is 6.01. The van der Waals surface area contributed by atoms with E-state index in [4.69, 9.17) is 10.00 Å². The van der Waals surface area contributed by atoms with Gasteiger partial charge in [0.1, 0.15) is 23.2 Å². The van der Waals surface area contributed by atoms with E-state index in [0.29, 0.717) is 12.2 Å². The van der Waals surface area contributed by atoms with Crippen molar-refractivity contribution in [2.45, 2.75) is 38.8 Å². The Morgan fingerprint density at radius 2 is 2.33 bits per heavy atom. The lowest BCUT2D eigenvalue weighted by molar-refractivity contribution is 0.0521. The Balaban J connectivity index is 1.88. The first-order valence-electron chi connectivity index (χ1n) is 7.00. The summed E-state index contributed by atoms with van der Waals surface area (Å²) in [5.41, 5.74) is -0.0928. The number of carbonyl (C=O) groups is 1. The minimum atomic E-state index is -0.494. The molecule has 0 spiro atoms. The Morgan fingerprint density at radius 1 is 1.57 bits per heavy atom. The number of aromatic nitrogens is 1. The van der Waals surface area contributed by atoms with E-state index in [1.165, 1.54) is 0 Å². The van der Waals surface area contributed by atoms with Crippen LogP contribution in [0.4, 0.5) is 10.6 Å². The monoisotopic (exact) mass is 288 g/mol. The van der Waals surface area contributed by atoms with E-state index >= 15 is 0 Å². The van der Waals surface area contributed by atoms with Gasteiger partial charge in [0.25, 0.3) is 0 Å². The minimum absolute atomic E-state index is 0.193. The maximum atomic E-state index is 11.6. The van der Waals surface area contributed by atoms with Crippen molar-refractivity contribution >= 4 is 11.9 Å². The molecule has 1 atom stereocenters. The average Bonchev–Trinajstić information content (AvgIpc) is 2.35. The van der Waals surface area contributed by atoms with Crippen LogP contribution in [0.2, 0.25) is 0 Å². The van der Waals surface area contributed by atoms with E-state index < -0.39 is 11.7 Å². The van der Waals surface area contributed by atoms with Crippen LogP contribution >= 0.6 is 0 Å². The lowest BCUT2D eigenvalue weighted by Gasteiger charge is -2.42. The van der Waals surface area contributed by atoms with Crippen molar-refractivity contribution in [2.75, 3.05) is 18.0 Å². The molecule has 21 heavy (non-hydrogen) atoms. The van der Waals surface area contributed by atoms with Gasteiger partial charge >= 0.3 is 6.09 Å². The van der Waals surface area contributed by atoms with E-state index in [0.717, 1.165) is 18.8 Å². The molecule has 2 rings (SSSR count). The summed E-state index contributed by atoms with van der Waals surface area (Å²) in [6, 6.07) is 7.60. The van der Waals surface area contributed by atoms with Crippen LogP contribution < -0.4 is 10.2 Å². The van der Waals surface area contributed by atoms with Crippen molar-refractivity contribution in [1.82, 2.24) is 10.3 Å². The number of nitrogens with one attached hydrogen (secondary N) is 1. The quantitative estimate of drug-likeness (QED) is 0.921. The third-order valence-corrected chi connectivity index (χ3v) is 3.17. The molecule has 1 aliphatic heterocycles. The van der Waals surface area contributed by atoms with Crippen LogP contribution in [0.5, 0.6) is 0 Å². The molecule has 2 heterocycles. The number of ether oxygens (including phenoxy) is 1. The summed E-state index contributed by atoms with van der Waals surface area (Å²) < 4.78 is 5.21. The molecule has 6 nitrogen and oxygen atoms in total. The molecule has 1 saturated heterocycles. The number of pyridine rings is 1. The third kappa shape index (κ3) is 4.09. The molecule has 0 saturated carbocycles. The van der Waals surface area contributed by atoms with Crippen molar-refractivity contribution in [3.63, 3.8) is 0 Å². The highest BCUT2D eigenvalue weighted by atomic mass is 16.6. The van der Waals surface area contributed by atoms with E-state index in [1.54, 1.807) is 6.07 Å². The molecule has 0 aliphatic carbocycles. The van der Waals surface area contributed by atoms with Gasteiger partial charge in [0, 0.05) is 19.1 Å². The topological polar surface area (TPSA) is 78.2 Å². The van der Waals surface area contributed by atoms with Gasteiger partial charge in [0.2, 0.25) is 0 Å². The Morgan fingerprint density at radius 3 is 2.90 bits per heavy atom. The molecule has 0 aromatic carbocycles. The normalized spacial score (nSPS) is 17.6. The van der Waals surface area contributed by atoms with Crippen LogP contribution in [0.1, 0.15) is 32.9 Å². The van der Waals surface area contributed by atoms with Crippen LogP contribution in [0, 0.1) is 11.3 Å². The summed E-state index contributed by atoms with van der Waals surface area (Å²) in [7, 11) is 0. The van der Waals surface area contributed by atoms with Crippen LogP contribution in [0.3, 0.4) is 0 Å². The van der Waals surface area contributed by atoms with E-state index in [9.17, 15) is 4.79 Å². The van der Waals surface area contributed by atoms with E-state index in [-0.39, 0.29) is 6.04 Å². The lowest BCUT2D eigenvalue weighted by Crippen LogP contribution is -2.54. The highest BCUT2D eigenvalue weighted by molar-refractivity contribution is 5.67. The van der Waals surface area contributed by atoms with Crippen molar-refractivity contribution < 1.29 is 9.53 Å². The second kappa shape index (κ2) is 6.00. The fourth-order valence-corrected chi connectivity index (χ4v) is 2.12. The van der Waals surface area contributed by atoms with Gasteiger partial charge in [-0.3, -0.25) is 0 Å². The van der Waals surface area contributed by atoms with Gasteiger partial charge in [-0.1, -0.05) is 6.07 Å². The zero-order valence-electron chi connectivity index (χ0n) is 12.6. The number of nitriles is 1. The molecular formula is C15H20N4O2. The van der Waals surface area contributed by atoms with Crippen LogP contribution in [-0.2, 0) is 4.74 Å². The number of hydrogen-bond donors (Lipinski definition) is 1. The highest BCUT2D eigenvalue weighted by Crippen LogP contribution is 2.24. The van der Waals surface area contributed by atoms with Gasteiger partial charge in [0.05, 0.1) is 0 Å². The molecule has 112 valence electrons. The predicted molar refractivity (Wildman–Crippen MR) is 78.9 cm³/mol. The summed E-state index contributed by atoms with van der Waals surface area (Å²) in [4.78, 5) is 18.0. The smallest absolute Gasteiger partial charge is 0.407 e. The maximum Gasteiger partial charge on any atom is 0.407 e. The van der Waals surface area contributed by atoms with Gasteiger partial charge in [0.15, 0.2) is 0 Å². The fourth-order valence-electron chi connectivity index (χ4n) is 2.12. The Labute approximate surface area is 124 Å². The largest absolute Gasteiger partial charge is 0.444 e. The highest BCUT2D eigenvalue weighted by Gasteiger charge is 2.30. The molecule has 0 bridgehead atoms. The van der Waals surface area contributed by atoms with Gasteiger partial charge in [-0.15, -0.1) is 0 Å². The molecular weight excluding hydrogens is 268 g/mol. The average molecular weight is 288 g/mol. The first-order chi connectivity index (χ1) is 9.89. The van der Waals surface area contributed by atoms with Gasteiger partial charge in [-0.25, -0.2) is 9.78 Å². The Bertz CT molecular complexity index is 560. The van der Waals surface area contributed by atoms with Crippen molar-refractivity contribution in [3.8, 4) is 6.07 Å². The zero-order valence-corrected chi connectivity index (χ0v) is 12.6. The van der Waals surface area contributed by atoms with Crippen LogP contribution in [-0.4, -0.2) is 35.8 Å². The van der Waals surface area contributed by atoms with Crippen molar-refractivity contribution in [2.24, 2.45) is 0 Å². The molecule has 1 aromatic rings. The summed E-state index contributed by atoms with van der Waals surface area (Å²) in [6.45, 7) is 6.88. The summed E-state index contributed by atoms with van der Waals surface area (Å²) in [5.74, 6) is 0.774. The van der Waals surface area contributed by atoms with Gasteiger partial charge in [-0.05, 0) is 39.3 Å². The first kappa shape index (κ1) is 15.1. The minimum Gasteiger partial charge on any atom is -0.444 e. The number of anilines is 1. The Kier molecular flexibility index (Phi) is 4.32. The molecule has 1 unspecified atom stereocenters.